The van der Waals surface area contributed by atoms with Crippen LogP contribution in [0.4, 0.5) is 4.39 Å². The van der Waals surface area contributed by atoms with Crippen LogP contribution in [-0.2, 0) is 6.54 Å². The van der Waals surface area contributed by atoms with E-state index in [4.69, 9.17) is 15.7 Å². The van der Waals surface area contributed by atoms with E-state index in [0.29, 0.717) is 28.1 Å². The van der Waals surface area contributed by atoms with Gasteiger partial charge in [0, 0.05) is 12.6 Å². The second-order valence-corrected chi connectivity index (χ2v) is 4.68. The Bertz CT molecular complexity index is 652. The predicted molar refractivity (Wildman–Crippen MR) is 73.2 cm³/mol. The van der Waals surface area contributed by atoms with Gasteiger partial charge in [0.25, 0.3) is 0 Å². The smallest absolute Gasteiger partial charge is 0.145 e. The molecule has 5 heteroatoms. The van der Waals surface area contributed by atoms with Gasteiger partial charge in [0.05, 0.1) is 10.0 Å². The second kappa shape index (κ2) is 5.83. The molecule has 2 N–H and O–H groups in total. The quantitative estimate of drug-likeness (QED) is 0.937. The van der Waals surface area contributed by atoms with Crippen LogP contribution in [0.25, 0.3) is 0 Å². The van der Waals surface area contributed by atoms with Crippen LogP contribution in [0, 0.1) is 17.1 Å². The van der Waals surface area contributed by atoms with Gasteiger partial charge in [-0.2, -0.15) is 5.26 Å². The molecule has 0 bridgehead atoms. The Hall–Kier alpha value is -1.90. The number of rotatable bonds is 3. The van der Waals surface area contributed by atoms with E-state index < -0.39 is 5.82 Å². The Labute approximate surface area is 118 Å². The van der Waals surface area contributed by atoms with Crippen molar-refractivity contribution in [3.8, 4) is 17.6 Å². The minimum atomic E-state index is -0.422. The van der Waals surface area contributed by atoms with Crippen molar-refractivity contribution in [2.24, 2.45) is 5.73 Å². The summed E-state index contributed by atoms with van der Waals surface area (Å²) < 4.78 is 19.2. The highest BCUT2D eigenvalue weighted by Crippen LogP contribution is 2.28. The van der Waals surface area contributed by atoms with E-state index in [-0.39, 0.29) is 0 Å². The molecule has 0 aromatic heterocycles. The van der Waals surface area contributed by atoms with Gasteiger partial charge < -0.3 is 10.5 Å². The lowest BCUT2D eigenvalue weighted by Gasteiger charge is -2.09. The van der Waals surface area contributed by atoms with Crippen LogP contribution in [0.1, 0.15) is 11.1 Å². The lowest BCUT2D eigenvalue weighted by molar-refractivity contribution is 0.474. The zero-order valence-electron chi connectivity index (χ0n) is 9.86. The van der Waals surface area contributed by atoms with Crippen molar-refractivity contribution in [3.05, 3.63) is 57.8 Å². The van der Waals surface area contributed by atoms with Crippen LogP contribution in [-0.4, -0.2) is 0 Å². The first-order valence-corrected chi connectivity index (χ1v) is 6.29. The largest absolute Gasteiger partial charge is 0.456 e. The van der Waals surface area contributed by atoms with E-state index in [2.05, 4.69) is 15.9 Å². The summed E-state index contributed by atoms with van der Waals surface area (Å²) in [6.07, 6.45) is 0. The molecular weight excluding hydrogens is 311 g/mol. The highest BCUT2D eigenvalue weighted by Gasteiger charge is 2.07. The molecule has 96 valence electrons. The number of ether oxygens (including phenoxy) is 1. The maximum Gasteiger partial charge on any atom is 0.145 e. The zero-order chi connectivity index (χ0) is 13.8. The van der Waals surface area contributed by atoms with Gasteiger partial charge >= 0.3 is 0 Å². The number of hydrogen-bond donors (Lipinski definition) is 1. The fraction of sp³-hybridized carbons (Fsp3) is 0.0714. The summed E-state index contributed by atoms with van der Waals surface area (Å²) in [6, 6.07) is 11.5. The first kappa shape index (κ1) is 13.5. The van der Waals surface area contributed by atoms with Gasteiger partial charge in [-0.3, -0.25) is 0 Å². The summed E-state index contributed by atoms with van der Waals surface area (Å²) in [6.45, 7) is 0.349. The Kier molecular flexibility index (Phi) is 4.15. The Morgan fingerprint density at radius 2 is 2.05 bits per heavy atom. The summed E-state index contributed by atoms with van der Waals surface area (Å²) in [5, 5.41) is 9.06. The van der Waals surface area contributed by atoms with Gasteiger partial charge in [-0.25, -0.2) is 4.39 Å². The number of nitriles is 1. The van der Waals surface area contributed by atoms with Crippen LogP contribution in [0.5, 0.6) is 11.5 Å². The van der Waals surface area contributed by atoms with Crippen molar-refractivity contribution in [1.29, 1.82) is 5.26 Å². The lowest BCUT2D eigenvalue weighted by Crippen LogP contribution is -1.97. The van der Waals surface area contributed by atoms with Gasteiger partial charge in [0.1, 0.15) is 23.4 Å². The van der Waals surface area contributed by atoms with E-state index in [0.717, 1.165) is 5.56 Å². The second-order valence-electron chi connectivity index (χ2n) is 3.82. The molecule has 2 aromatic carbocycles. The molecule has 2 aromatic rings. The topological polar surface area (TPSA) is 59.0 Å². The molecule has 0 aliphatic carbocycles. The average Bonchev–Trinajstić information content (AvgIpc) is 2.43. The SMILES string of the molecule is N#Cc1cc(CN)ccc1Oc1ccc(Br)c(F)c1. The van der Waals surface area contributed by atoms with E-state index >= 15 is 0 Å². The number of nitrogens with two attached hydrogens (primary N) is 1. The minimum absolute atomic E-state index is 0.331. The van der Waals surface area contributed by atoms with Gasteiger partial charge in [-0.05, 0) is 45.8 Å². The molecule has 19 heavy (non-hydrogen) atoms. The molecule has 0 amide bonds. The summed E-state index contributed by atoms with van der Waals surface area (Å²) >= 11 is 3.07. The van der Waals surface area contributed by atoms with Crippen LogP contribution in [0.2, 0.25) is 0 Å². The number of nitrogens with zero attached hydrogens (tertiary/aromatic N) is 1. The van der Waals surface area contributed by atoms with Gasteiger partial charge in [0.15, 0.2) is 0 Å². The molecule has 0 aliphatic heterocycles. The third-order valence-electron chi connectivity index (χ3n) is 2.52. The molecule has 0 unspecified atom stereocenters. The number of hydrogen-bond acceptors (Lipinski definition) is 3. The minimum Gasteiger partial charge on any atom is -0.456 e. The van der Waals surface area contributed by atoms with E-state index in [1.165, 1.54) is 6.07 Å². The van der Waals surface area contributed by atoms with Crippen molar-refractivity contribution >= 4 is 15.9 Å². The highest BCUT2D eigenvalue weighted by atomic mass is 79.9. The monoisotopic (exact) mass is 320 g/mol. The average molecular weight is 321 g/mol. The first-order valence-electron chi connectivity index (χ1n) is 5.50. The summed E-state index contributed by atoms with van der Waals surface area (Å²) in [7, 11) is 0. The molecule has 0 fully saturated rings. The Balaban J connectivity index is 2.33. The fourth-order valence-electron chi connectivity index (χ4n) is 1.55. The van der Waals surface area contributed by atoms with Crippen LogP contribution in [0.15, 0.2) is 40.9 Å². The lowest BCUT2D eigenvalue weighted by atomic mass is 10.1. The summed E-state index contributed by atoms with van der Waals surface area (Å²) in [4.78, 5) is 0. The summed E-state index contributed by atoms with van der Waals surface area (Å²) in [5.41, 5.74) is 6.71. The molecule has 0 saturated carbocycles. The maximum atomic E-state index is 13.4. The van der Waals surface area contributed by atoms with Crippen LogP contribution < -0.4 is 10.5 Å². The van der Waals surface area contributed by atoms with Crippen LogP contribution >= 0.6 is 15.9 Å². The molecule has 2 rings (SSSR count). The Morgan fingerprint density at radius 3 is 2.68 bits per heavy atom. The normalized spacial score (nSPS) is 10.0. The molecular formula is C14H10BrFN2O. The van der Waals surface area contributed by atoms with Crippen molar-refractivity contribution in [2.75, 3.05) is 0 Å². The van der Waals surface area contributed by atoms with E-state index in [1.807, 2.05) is 6.07 Å². The predicted octanol–water partition coefficient (Wildman–Crippen LogP) is 3.71. The third kappa shape index (κ3) is 3.11. The molecule has 3 nitrogen and oxygen atoms in total. The molecule has 0 radical (unpaired) electrons. The van der Waals surface area contributed by atoms with Gasteiger partial charge in [-0.15, -0.1) is 0 Å². The van der Waals surface area contributed by atoms with Gasteiger partial charge in [-0.1, -0.05) is 6.07 Å². The third-order valence-corrected chi connectivity index (χ3v) is 3.16. The van der Waals surface area contributed by atoms with Crippen molar-refractivity contribution < 1.29 is 9.13 Å². The van der Waals surface area contributed by atoms with Crippen molar-refractivity contribution in [2.45, 2.75) is 6.54 Å². The number of halogens is 2. The standard InChI is InChI=1S/C14H10BrFN2O/c15-12-3-2-11(6-13(12)16)19-14-4-1-9(7-17)5-10(14)8-18/h1-6H,7,17H2. The van der Waals surface area contributed by atoms with E-state index in [1.54, 1.807) is 30.3 Å². The Morgan fingerprint density at radius 1 is 1.26 bits per heavy atom. The molecule has 0 heterocycles. The first-order chi connectivity index (χ1) is 9.13. The molecule has 0 aliphatic rings. The van der Waals surface area contributed by atoms with E-state index in [9.17, 15) is 4.39 Å². The van der Waals surface area contributed by atoms with Crippen LogP contribution in [0.3, 0.4) is 0 Å². The maximum absolute atomic E-state index is 13.4. The zero-order valence-corrected chi connectivity index (χ0v) is 11.4. The highest BCUT2D eigenvalue weighted by molar-refractivity contribution is 9.10. The molecule has 0 atom stereocenters. The van der Waals surface area contributed by atoms with Crippen molar-refractivity contribution in [3.63, 3.8) is 0 Å². The summed E-state index contributed by atoms with van der Waals surface area (Å²) in [5.74, 6) is 0.286. The molecule has 0 saturated heterocycles. The van der Waals surface area contributed by atoms with Gasteiger partial charge in [0.2, 0.25) is 0 Å². The van der Waals surface area contributed by atoms with Crippen molar-refractivity contribution in [1.82, 2.24) is 0 Å². The molecule has 0 spiro atoms. The fourth-order valence-corrected chi connectivity index (χ4v) is 1.79. The number of benzene rings is 2.